The van der Waals surface area contributed by atoms with E-state index in [9.17, 15) is 4.79 Å². The number of aromatic nitrogens is 3. The first-order valence-electron chi connectivity index (χ1n) is 9.50. The number of ether oxygens (including phenoxy) is 1. The van der Waals surface area contributed by atoms with E-state index in [0.29, 0.717) is 49.8 Å². The molecule has 1 amide bonds. The predicted octanol–water partition coefficient (Wildman–Crippen LogP) is 2.54. The molecule has 1 N–H and O–H groups in total. The van der Waals surface area contributed by atoms with Gasteiger partial charge in [-0.2, -0.15) is 0 Å². The number of nitrogens with one attached hydrogen (secondary N) is 1. The minimum absolute atomic E-state index is 0.112. The molecule has 0 atom stereocenters. The summed E-state index contributed by atoms with van der Waals surface area (Å²) in [6.45, 7) is 2.87. The van der Waals surface area contributed by atoms with Crippen LogP contribution in [0.25, 0.3) is 22.1 Å². The van der Waals surface area contributed by atoms with Gasteiger partial charge in [0.1, 0.15) is 11.1 Å². The first-order chi connectivity index (χ1) is 14.3. The van der Waals surface area contributed by atoms with Crippen molar-refractivity contribution in [3.8, 4) is 0 Å². The summed E-state index contributed by atoms with van der Waals surface area (Å²) in [5.74, 6) is 0.385. The zero-order valence-corrected chi connectivity index (χ0v) is 15.7. The molecule has 1 aliphatic heterocycles. The molecular formula is C21H19N5O3. The normalized spacial score (nSPS) is 14.4. The van der Waals surface area contributed by atoms with Crippen LogP contribution >= 0.6 is 0 Å². The number of anilines is 1. The summed E-state index contributed by atoms with van der Waals surface area (Å²) in [6.07, 6.45) is 1.69. The molecule has 1 fully saturated rings. The van der Waals surface area contributed by atoms with Gasteiger partial charge in [-0.3, -0.25) is 9.78 Å². The fraction of sp³-hybridized carbons (Fsp3) is 0.238. The van der Waals surface area contributed by atoms with Gasteiger partial charge < -0.3 is 19.4 Å². The summed E-state index contributed by atoms with van der Waals surface area (Å²) in [5, 5.41) is 3.71. The molecule has 0 unspecified atom stereocenters. The average Bonchev–Trinajstić information content (AvgIpc) is 3.17. The molecule has 0 saturated carbocycles. The third-order valence-corrected chi connectivity index (χ3v) is 4.87. The van der Waals surface area contributed by atoms with Gasteiger partial charge in [0.05, 0.1) is 25.5 Å². The topological polar surface area (TPSA) is 93.4 Å². The van der Waals surface area contributed by atoms with Gasteiger partial charge in [-0.1, -0.05) is 18.2 Å². The first kappa shape index (κ1) is 17.6. The molecule has 146 valence electrons. The van der Waals surface area contributed by atoms with Crippen LogP contribution in [0.2, 0.25) is 0 Å². The van der Waals surface area contributed by atoms with Crippen LogP contribution < -0.4 is 10.2 Å². The highest BCUT2D eigenvalue weighted by Gasteiger charge is 2.24. The van der Waals surface area contributed by atoms with E-state index in [1.54, 1.807) is 6.20 Å². The largest absolute Gasteiger partial charge is 0.450 e. The zero-order chi connectivity index (χ0) is 19.6. The van der Waals surface area contributed by atoms with Crippen molar-refractivity contribution in [3.63, 3.8) is 0 Å². The minimum atomic E-state index is -0.350. The Bertz CT molecular complexity index is 1170. The van der Waals surface area contributed by atoms with Gasteiger partial charge in [0.25, 0.3) is 5.91 Å². The fourth-order valence-electron chi connectivity index (χ4n) is 3.42. The molecule has 29 heavy (non-hydrogen) atoms. The highest BCUT2D eigenvalue weighted by molar-refractivity contribution is 6.07. The lowest BCUT2D eigenvalue weighted by Gasteiger charge is -2.27. The number of para-hydroxylation sites is 1. The van der Waals surface area contributed by atoms with Crippen molar-refractivity contribution >= 4 is 33.8 Å². The van der Waals surface area contributed by atoms with Crippen LogP contribution in [0.1, 0.15) is 16.3 Å². The summed E-state index contributed by atoms with van der Waals surface area (Å²) in [4.78, 5) is 28.2. The molecular weight excluding hydrogens is 370 g/mol. The van der Waals surface area contributed by atoms with E-state index in [2.05, 4.69) is 25.2 Å². The molecule has 0 spiro atoms. The Kier molecular flexibility index (Phi) is 4.53. The molecule has 8 nitrogen and oxygen atoms in total. The van der Waals surface area contributed by atoms with Gasteiger partial charge in [0, 0.05) is 24.7 Å². The number of hydrogen-bond acceptors (Lipinski definition) is 7. The molecule has 1 saturated heterocycles. The van der Waals surface area contributed by atoms with Crippen LogP contribution in [0.4, 0.5) is 5.82 Å². The molecule has 0 bridgehead atoms. The van der Waals surface area contributed by atoms with E-state index >= 15 is 0 Å². The number of nitrogens with zero attached hydrogens (tertiary/aromatic N) is 4. The Morgan fingerprint density at radius 2 is 1.90 bits per heavy atom. The van der Waals surface area contributed by atoms with Crippen molar-refractivity contribution in [2.24, 2.45) is 0 Å². The van der Waals surface area contributed by atoms with Gasteiger partial charge in [-0.15, -0.1) is 0 Å². The molecule has 0 aliphatic carbocycles. The van der Waals surface area contributed by atoms with Crippen LogP contribution in [0.5, 0.6) is 0 Å². The third-order valence-electron chi connectivity index (χ3n) is 4.87. The summed E-state index contributed by atoms with van der Waals surface area (Å²) in [5.41, 5.74) is 2.72. The maximum absolute atomic E-state index is 12.8. The lowest BCUT2D eigenvalue weighted by atomic mass is 10.2. The monoisotopic (exact) mass is 389 g/mol. The van der Waals surface area contributed by atoms with E-state index in [1.165, 1.54) is 0 Å². The summed E-state index contributed by atoms with van der Waals surface area (Å²) in [6, 6.07) is 13.2. The molecule has 3 aromatic heterocycles. The first-order valence-corrected chi connectivity index (χ1v) is 9.50. The molecule has 8 heteroatoms. The summed E-state index contributed by atoms with van der Waals surface area (Å²) in [7, 11) is 0. The van der Waals surface area contributed by atoms with Crippen LogP contribution in [0.15, 0.2) is 53.1 Å². The number of morpholine rings is 1. The minimum Gasteiger partial charge on any atom is -0.450 e. The molecule has 1 aromatic carbocycles. The Morgan fingerprint density at radius 1 is 1.07 bits per heavy atom. The molecule has 5 rings (SSSR count). The smallest absolute Gasteiger partial charge is 0.289 e. The van der Waals surface area contributed by atoms with Crippen molar-refractivity contribution in [2.45, 2.75) is 6.54 Å². The van der Waals surface area contributed by atoms with Gasteiger partial charge in [0.2, 0.25) is 5.82 Å². The third kappa shape index (κ3) is 3.38. The number of furan rings is 1. The van der Waals surface area contributed by atoms with Crippen molar-refractivity contribution in [3.05, 3.63) is 60.2 Å². The number of carbonyl (C=O) groups is 1. The number of rotatable bonds is 4. The SMILES string of the molecule is O=C(NCc1ccccn1)c1nc(N2CCOCC2)c2oc3ccccc3c2n1. The van der Waals surface area contributed by atoms with E-state index < -0.39 is 0 Å². The van der Waals surface area contributed by atoms with E-state index in [-0.39, 0.29) is 11.7 Å². The highest BCUT2D eigenvalue weighted by Crippen LogP contribution is 2.33. The van der Waals surface area contributed by atoms with Crippen LogP contribution in [0, 0.1) is 0 Å². The maximum atomic E-state index is 12.8. The van der Waals surface area contributed by atoms with E-state index in [1.807, 2.05) is 42.5 Å². The number of pyridine rings is 1. The Labute approximate surface area is 166 Å². The quantitative estimate of drug-likeness (QED) is 0.573. The molecule has 4 aromatic rings. The van der Waals surface area contributed by atoms with Crippen LogP contribution in [0.3, 0.4) is 0 Å². The van der Waals surface area contributed by atoms with Gasteiger partial charge >= 0.3 is 0 Å². The lowest BCUT2D eigenvalue weighted by Crippen LogP contribution is -2.37. The lowest BCUT2D eigenvalue weighted by molar-refractivity contribution is 0.0940. The highest BCUT2D eigenvalue weighted by atomic mass is 16.5. The predicted molar refractivity (Wildman–Crippen MR) is 108 cm³/mol. The molecule has 1 aliphatic rings. The number of fused-ring (bicyclic) bond motifs is 3. The van der Waals surface area contributed by atoms with Crippen LogP contribution in [-0.2, 0) is 11.3 Å². The van der Waals surface area contributed by atoms with Gasteiger partial charge in [0.15, 0.2) is 11.4 Å². The number of carbonyl (C=O) groups excluding carboxylic acids is 1. The summed E-state index contributed by atoms with van der Waals surface area (Å²) >= 11 is 0. The second-order valence-corrected chi connectivity index (χ2v) is 6.75. The standard InChI is InChI=1S/C21H19N5O3/c27-21(23-13-14-5-3-4-8-22-14)19-24-17-15-6-1-2-7-16(15)29-18(17)20(25-19)26-9-11-28-12-10-26/h1-8H,9-13H2,(H,23,27). The molecule has 4 heterocycles. The van der Waals surface area contributed by atoms with Gasteiger partial charge in [-0.05, 0) is 24.3 Å². The molecule has 0 radical (unpaired) electrons. The van der Waals surface area contributed by atoms with Crippen molar-refractivity contribution < 1.29 is 13.9 Å². The van der Waals surface area contributed by atoms with E-state index in [0.717, 1.165) is 16.7 Å². The Morgan fingerprint density at radius 3 is 2.72 bits per heavy atom. The van der Waals surface area contributed by atoms with Crippen molar-refractivity contribution in [1.82, 2.24) is 20.3 Å². The Balaban J connectivity index is 1.55. The number of amides is 1. The summed E-state index contributed by atoms with van der Waals surface area (Å²) < 4.78 is 11.5. The van der Waals surface area contributed by atoms with E-state index in [4.69, 9.17) is 9.15 Å². The zero-order valence-electron chi connectivity index (χ0n) is 15.7. The second-order valence-electron chi connectivity index (χ2n) is 6.75. The number of hydrogen-bond donors (Lipinski definition) is 1. The van der Waals surface area contributed by atoms with Crippen molar-refractivity contribution in [1.29, 1.82) is 0 Å². The van der Waals surface area contributed by atoms with Crippen LogP contribution in [-0.4, -0.2) is 47.2 Å². The Hall–Kier alpha value is -3.52. The van der Waals surface area contributed by atoms with Gasteiger partial charge in [-0.25, -0.2) is 9.97 Å². The number of benzene rings is 1. The average molecular weight is 389 g/mol. The fourth-order valence-corrected chi connectivity index (χ4v) is 3.42. The second kappa shape index (κ2) is 7.48. The van der Waals surface area contributed by atoms with Crippen molar-refractivity contribution in [2.75, 3.05) is 31.2 Å². The maximum Gasteiger partial charge on any atom is 0.289 e.